The number of pyridine rings is 1. The summed E-state index contributed by atoms with van der Waals surface area (Å²) < 4.78 is 32.0. The van der Waals surface area contributed by atoms with Crippen LogP contribution in [0.15, 0.2) is 36.7 Å². The average Bonchev–Trinajstić information content (AvgIpc) is 3.44. The Kier molecular flexibility index (Phi) is 6.07. The zero-order valence-corrected chi connectivity index (χ0v) is 21.4. The predicted molar refractivity (Wildman–Crippen MR) is 142 cm³/mol. The second-order valence-corrected chi connectivity index (χ2v) is 10.7. The van der Waals surface area contributed by atoms with Crippen molar-refractivity contribution < 1.29 is 8.78 Å². The van der Waals surface area contributed by atoms with Gasteiger partial charge >= 0.3 is 0 Å². The Labute approximate surface area is 219 Å². The van der Waals surface area contributed by atoms with Crippen molar-refractivity contribution in [2.75, 3.05) is 18.4 Å². The van der Waals surface area contributed by atoms with Crippen LogP contribution in [0.3, 0.4) is 0 Å². The van der Waals surface area contributed by atoms with E-state index in [1.165, 1.54) is 6.07 Å². The summed E-state index contributed by atoms with van der Waals surface area (Å²) in [5, 5.41) is 12.1. The first-order valence-electron chi connectivity index (χ1n) is 12.9. The Hall–Kier alpha value is -3.91. The lowest BCUT2D eigenvalue weighted by molar-refractivity contribution is 0.284. The van der Waals surface area contributed by atoms with E-state index in [1.807, 2.05) is 16.7 Å². The van der Waals surface area contributed by atoms with E-state index in [4.69, 9.17) is 5.26 Å². The maximum Gasteiger partial charge on any atom is 0.270 e. The summed E-state index contributed by atoms with van der Waals surface area (Å²) in [4.78, 5) is 19.7. The van der Waals surface area contributed by atoms with Gasteiger partial charge in [-0.15, -0.1) is 0 Å². The van der Waals surface area contributed by atoms with Crippen LogP contribution in [-0.2, 0) is 18.5 Å². The fourth-order valence-electron chi connectivity index (χ4n) is 5.51. The van der Waals surface area contributed by atoms with Crippen molar-refractivity contribution in [3.05, 3.63) is 59.7 Å². The van der Waals surface area contributed by atoms with Crippen LogP contribution in [0.25, 0.3) is 22.3 Å². The lowest BCUT2D eigenvalue weighted by atomic mass is 9.45. The molecule has 0 bridgehead atoms. The number of hydrogen-bond acceptors (Lipinski definition) is 7. The maximum absolute atomic E-state index is 15.1. The van der Waals surface area contributed by atoms with Gasteiger partial charge in [-0.1, -0.05) is 6.07 Å². The van der Waals surface area contributed by atoms with Crippen molar-refractivity contribution in [3.63, 3.8) is 0 Å². The number of nitriles is 1. The minimum Gasteiger partial charge on any atom is -0.322 e. The zero-order chi connectivity index (χ0) is 26.4. The molecule has 11 heteroatoms. The number of aromatic nitrogens is 5. The molecule has 1 aromatic carbocycles. The summed E-state index contributed by atoms with van der Waals surface area (Å²) in [6.45, 7) is 6.91. The second kappa shape index (κ2) is 9.44. The monoisotopic (exact) mass is 512 g/mol. The van der Waals surface area contributed by atoms with Crippen LogP contribution in [0, 0.1) is 22.9 Å². The number of rotatable bonds is 5. The van der Waals surface area contributed by atoms with Gasteiger partial charge in [-0.05, 0) is 69.8 Å². The lowest BCUT2D eigenvalue weighted by Crippen LogP contribution is -2.36. The van der Waals surface area contributed by atoms with Crippen LogP contribution < -0.4 is 5.32 Å². The Morgan fingerprint density at radius 3 is 2.63 bits per heavy atom. The first kappa shape index (κ1) is 24.4. The molecule has 6 rings (SSSR count). The van der Waals surface area contributed by atoms with Gasteiger partial charge in [0, 0.05) is 36.2 Å². The molecule has 0 saturated carbocycles. The van der Waals surface area contributed by atoms with E-state index in [0.29, 0.717) is 22.4 Å². The van der Waals surface area contributed by atoms with E-state index in [-0.39, 0.29) is 23.9 Å². The topological polar surface area (TPSA) is 95.6 Å². The molecule has 0 amide bonds. The molecule has 0 aliphatic carbocycles. The van der Waals surface area contributed by atoms with E-state index in [9.17, 15) is 4.39 Å². The summed E-state index contributed by atoms with van der Waals surface area (Å²) in [5.41, 5.74) is 2.13. The molecule has 0 unspecified atom stereocenters. The molecule has 3 aromatic heterocycles. The van der Waals surface area contributed by atoms with E-state index in [1.54, 1.807) is 12.3 Å². The number of benzene rings is 1. The van der Waals surface area contributed by atoms with Crippen LogP contribution in [0.4, 0.5) is 20.5 Å². The first-order chi connectivity index (χ1) is 18.3. The molecule has 0 spiro atoms. The van der Waals surface area contributed by atoms with Crippen molar-refractivity contribution in [1.82, 2.24) is 29.4 Å². The molecule has 1 fully saturated rings. The largest absolute Gasteiger partial charge is 0.322 e. The fraction of sp³-hybridized carbons (Fsp3) is 0.370. The van der Waals surface area contributed by atoms with E-state index < -0.39 is 11.6 Å². The van der Waals surface area contributed by atoms with Crippen molar-refractivity contribution in [2.24, 2.45) is 0 Å². The van der Waals surface area contributed by atoms with Crippen LogP contribution in [-0.4, -0.2) is 49.2 Å². The third-order valence-electron chi connectivity index (χ3n) is 7.61. The molecule has 38 heavy (non-hydrogen) atoms. The minimum atomic E-state index is -0.641. The summed E-state index contributed by atoms with van der Waals surface area (Å²) in [6, 6.07) is 6.83. The van der Waals surface area contributed by atoms with Crippen LogP contribution in [0.2, 0.25) is 12.6 Å². The molecule has 1 saturated heterocycles. The Morgan fingerprint density at radius 1 is 1.08 bits per heavy atom. The third-order valence-corrected chi connectivity index (χ3v) is 7.61. The highest BCUT2D eigenvalue weighted by Gasteiger charge is 2.33. The normalized spacial score (nSPS) is 17.0. The molecular formula is C27H27BF2N8. The van der Waals surface area contributed by atoms with Gasteiger partial charge in [0.25, 0.3) is 6.71 Å². The Balaban J connectivity index is 1.22. The number of hydrogen-bond donors (Lipinski definition) is 1. The summed E-state index contributed by atoms with van der Waals surface area (Å²) in [6.07, 6.45) is 6.35. The molecule has 0 atom stereocenters. The van der Waals surface area contributed by atoms with Gasteiger partial charge in [-0.25, -0.2) is 34.0 Å². The highest BCUT2D eigenvalue weighted by molar-refractivity contribution is 6.67. The Morgan fingerprint density at radius 2 is 1.89 bits per heavy atom. The molecule has 1 N–H and O–H groups in total. The molecule has 2 aliphatic rings. The molecule has 2 aliphatic heterocycles. The standard InChI is InChI=1S/C27H27BF2N8/c1-27(2)6-5-23-35-25-19(29)11-18(12-21(25)38(23)27)24-20(30)14-33-26(36-24)34-22-4-3-17(13-32-22)15-37-9-7-28(16-31)8-10-37/h3-4,11-14H,5-10,15H2,1-2H3,(H,32,33,34,36). The molecule has 192 valence electrons. The smallest absolute Gasteiger partial charge is 0.270 e. The highest BCUT2D eigenvalue weighted by atomic mass is 19.1. The number of imidazole rings is 1. The van der Waals surface area contributed by atoms with Gasteiger partial charge in [-0.3, -0.25) is 0 Å². The minimum absolute atomic E-state index is 0.00652. The molecular weight excluding hydrogens is 485 g/mol. The van der Waals surface area contributed by atoms with Crippen LogP contribution in [0.5, 0.6) is 0 Å². The number of nitrogens with one attached hydrogen (secondary N) is 1. The van der Waals surface area contributed by atoms with Gasteiger partial charge in [0.05, 0.1) is 11.7 Å². The number of fused-ring (bicyclic) bond motifs is 3. The first-order valence-corrected chi connectivity index (χ1v) is 12.9. The van der Waals surface area contributed by atoms with Crippen LogP contribution in [0.1, 0.15) is 31.7 Å². The highest BCUT2D eigenvalue weighted by Crippen LogP contribution is 2.38. The quantitative estimate of drug-likeness (QED) is 0.378. The van der Waals surface area contributed by atoms with Crippen LogP contribution >= 0.6 is 0 Å². The summed E-state index contributed by atoms with van der Waals surface area (Å²) >= 11 is 0. The van der Waals surface area contributed by atoms with E-state index in [2.05, 4.69) is 50.0 Å². The van der Waals surface area contributed by atoms with Crippen molar-refractivity contribution >= 4 is 29.5 Å². The molecule has 4 aromatic rings. The van der Waals surface area contributed by atoms with Crippen molar-refractivity contribution in [2.45, 2.75) is 51.4 Å². The predicted octanol–water partition coefficient (Wildman–Crippen LogP) is 4.96. The van der Waals surface area contributed by atoms with Crippen molar-refractivity contribution in [3.8, 4) is 17.2 Å². The number of aryl methyl sites for hydroxylation is 1. The second-order valence-electron chi connectivity index (χ2n) is 10.7. The number of halogens is 2. The zero-order valence-electron chi connectivity index (χ0n) is 21.4. The van der Waals surface area contributed by atoms with Gasteiger partial charge in [0.15, 0.2) is 11.6 Å². The van der Waals surface area contributed by atoms with E-state index in [0.717, 1.165) is 62.7 Å². The lowest BCUT2D eigenvalue weighted by Gasteiger charge is -2.27. The summed E-state index contributed by atoms with van der Waals surface area (Å²) in [5.74, 6) is 2.74. The van der Waals surface area contributed by atoms with Gasteiger partial charge in [0.1, 0.15) is 22.9 Å². The molecule has 5 heterocycles. The average molecular weight is 512 g/mol. The van der Waals surface area contributed by atoms with E-state index >= 15 is 4.39 Å². The van der Waals surface area contributed by atoms with Crippen molar-refractivity contribution in [1.29, 1.82) is 5.26 Å². The fourth-order valence-corrected chi connectivity index (χ4v) is 5.51. The Bertz CT molecular complexity index is 1550. The summed E-state index contributed by atoms with van der Waals surface area (Å²) in [7, 11) is 0. The maximum atomic E-state index is 15.1. The number of nitrogens with zero attached hydrogens (tertiary/aromatic N) is 7. The van der Waals surface area contributed by atoms with Gasteiger partial charge in [0.2, 0.25) is 5.95 Å². The SMILES string of the molecule is CC1(C)CCc2nc3c(F)cc(-c4nc(Nc5ccc(CN6CCB(C#N)CC6)cn5)ncc4F)cc3n21. The molecule has 8 nitrogen and oxygen atoms in total. The van der Waals surface area contributed by atoms with Gasteiger partial charge in [-0.2, -0.15) is 0 Å². The number of anilines is 2. The third kappa shape index (κ3) is 4.49. The van der Waals surface area contributed by atoms with Gasteiger partial charge < -0.3 is 14.8 Å². The molecule has 0 radical (unpaired) electrons.